The molecule has 2 aromatic carbocycles. The van der Waals surface area contributed by atoms with Crippen molar-refractivity contribution >= 4 is 21.7 Å². The fourth-order valence-electron chi connectivity index (χ4n) is 2.70. The number of aromatic nitrogens is 1. The Bertz CT molecular complexity index is 1090. The molecule has 6 nitrogen and oxygen atoms in total. The average molecular weight is 381 g/mol. The highest BCUT2D eigenvalue weighted by Gasteiger charge is 2.13. The van der Waals surface area contributed by atoms with Gasteiger partial charge in [0, 0.05) is 11.3 Å². The van der Waals surface area contributed by atoms with E-state index in [-0.39, 0.29) is 10.8 Å². The van der Waals surface area contributed by atoms with Gasteiger partial charge in [-0.15, -0.1) is 0 Å². The number of nitrogens with zero attached hydrogens (tertiary/aromatic N) is 1. The van der Waals surface area contributed by atoms with Crippen molar-refractivity contribution in [1.82, 2.24) is 4.98 Å². The summed E-state index contributed by atoms with van der Waals surface area (Å²) in [6, 6.07) is 17.1. The van der Waals surface area contributed by atoms with Gasteiger partial charge in [0.15, 0.2) is 0 Å². The molecule has 0 saturated carbocycles. The van der Waals surface area contributed by atoms with Crippen LogP contribution >= 0.6 is 0 Å². The van der Waals surface area contributed by atoms with E-state index in [0.717, 1.165) is 22.4 Å². The van der Waals surface area contributed by atoms with E-state index in [1.54, 1.807) is 0 Å². The Balaban J connectivity index is 1.89. The van der Waals surface area contributed by atoms with Gasteiger partial charge in [0.25, 0.3) is 5.91 Å². The highest BCUT2D eigenvalue weighted by Crippen LogP contribution is 2.27. The van der Waals surface area contributed by atoms with Crippen LogP contribution in [0.25, 0.3) is 11.1 Å². The predicted octanol–water partition coefficient (Wildman–Crippen LogP) is 3.27. The normalized spacial score (nSPS) is 11.2. The monoisotopic (exact) mass is 381 g/mol. The minimum atomic E-state index is -3.79. The molecule has 1 aromatic heterocycles. The third kappa shape index (κ3) is 4.21. The van der Waals surface area contributed by atoms with Crippen LogP contribution in [-0.4, -0.2) is 19.3 Å². The van der Waals surface area contributed by atoms with Crippen molar-refractivity contribution in [3.8, 4) is 11.1 Å². The van der Waals surface area contributed by atoms with Crippen LogP contribution in [0.3, 0.4) is 0 Å². The van der Waals surface area contributed by atoms with Gasteiger partial charge < -0.3 is 5.32 Å². The average Bonchev–Trinajstić information content (AvgIpc) is 2.64. The molecule has 0 saturated heterocycles. The molecule has 3 N–H and O–H groups in total. The van der Waals surface area contributed by atoms with Gasteiger partial charge in [-0.25, -0.2) is 18.5 Å². The molecule has 1 amide bonds. The van der Waals surface area contributed by atoms with Crippen LogP contribution in [-0.2, 0) is 10.0 Å². The first-order valence-electron chi connectivity index (χ1n) is 8.23. The number of hydrogen-bond acceptors (Lipinski definition) is 4. The summed E-state index contributed by atoms with van der Waals surface area (Å²) in [7, 11) is -3.79. The highest BCUT2D eigenvalue weighted by molar-refractivity contribution is 7.89. The first kappa shape index (κ1) is 18.8. The summed E-state index contributed by atoms with van der Waals surface area (Å²) in [5.74, 6) is 0.0446. The van der Waals surface area contributed by atoms with E-state index in [2.05, 4.69) is 10.3 Å². The molecule has 0 spiro atoms. The Morgan fingerprint density at radius 3 is 2.22 bits per heavy atom. The Kier molecular flexibility index (Phi) is 5.07. The number of nitrogens with two attached hydrogens (primary N) is 1. The number of nitrogens with one attached hydrogen (secondary N) is 1. The molecule has 27 heavy (non-hydrogen) atoms. The Hall–Kier alpha value is -3.03. The van der Waals surface area contributed by atoms with Crippen molar-refractivity contribution in [2.75, 3.05) is 5.32 Å². The van der Waals surface area contributed by atoms with Crippen LogP contribution in [0.1, 0.15) is 21.6 Å². The maximum Gasteiger partial charge on any atom is 0.256 e. The first-order chi connectivity index (χ1) is 12.8. The number of hydrogen-bond donors (Lipinski definition) is 2. The largest absolute Gasteiger partial charge is 0.307 e. The molecule has 3 aromatic rings. The molecule has 0 aliphatic heterocycles. The van der Waals surface area contributed by atoms with Crippen LogP contribution < -0.4 is 10.5 Å². The van der Waals surface area contributed by atoms with Gasteiger partial charge in [-0.3, -0.25) is 4.79 Å². The first-order valence-corrected chi connectivity index (χ1v) is 9.78. The van der Waals surface area contributed by atoms with Gasteiger partial charge in [-0.05, 0) is 60.9 Å². The molecule has 0 bridgehead atoms. The van der Waals surface area contributed by atoms with E-state index in [4.69, 9.17) is 5.14 Å². The van der Waals surface area contributed by atoms with Gasteiger partial charge in [0.1, 0.15) is 5.82 Å². The minimum absolute atomic E-state index is 0.0466. The van der Waals surface area contributed by atoms with Crippen molar-refractivity contribution in [3.05, 3.63) is 77.5 Å². The maximum absolute atomic E-state index is 12.5. The summed E-state index contributed by atoms with van der Waals surface area (Å²) in [6.07, 6.45) is 0. The lowest BCUT2D eigenvalue weighted by atomic mass is 10.0. The summed E-state index contributed by atoms with van der Waals surface area (Å²) in [5, 5.41) is 7.83. The zero-order chi connectivity index (χ0) is 19.6. The number of sulfonamides is 1. The van der Waals surface area contributed by atoms with Crippen molar-refractivity contribution in [3.63, 3.8) is 0 Å². The van der Waals surface area contributed by atoms with E-state index >= 15 is 0 Å². The molecule has 0 aliphatic rings. The smallest absolute Gasteiger partial charge is 0.256 e. The highest BCUT2D eigenvalue weighted by atomic mass is 32.2. The number of amides is 1. The lowest BCUT2D eigenvalue weighted by Crippen LogP contribution is -2.15. The number of benzene rings is 2. The van der Waals surface area contributed by atoms with Crippen LogP contribution in [0.2, 0.25) is 0 Å². The van der Waals surface area contributed by atoms with Gasteiger partial charge in [0.2, 0.25) is 10.0 Å². The van der Waals surface area contributed by atoms with Crippen molar-refractivity contribution < 1.29 is 13.2 Å². The maximum atomic E-state index is 12.5. The Morgan fingerprint density at radius 2 is 1.63 bits per heavy atom. The SMILES string of the molecule is Cc1nc(NC(=O)c2ccc(S(N)(=O)=O)cc2)cc(-c2ccccc2)c1C. The third-order valence-electron chi connectivity index (χ3n) is 4.29. The number of carbonyl (C=O) groups is 1. The predicted molar refractivity (Wildman–Crippen MR) is 105 cm³/mol. The van der Waals surface area contributed by atoms with Crippen LogP contribution in [0.15, 0.2) is 65.6 Å². The van der Waals surface area contributed by atoms with Crippen molar-refractivity contribution in [1.29, 1.82) is 0 Å². The number of rotatable bonds is 4. The van der Waals surface area contributed by atoms with Crippen LogP contribution in [0.5, 0.6) is 0 Å². The number of carbonyl (C=O) groups excluding carboxylic acids is 1. The molecular weight excluding hydrogens is 362 g/mol. The molecule has 138 valence electrons. The second kappa shape index (κ2) is 7.30. The Morgan fingerprint density at radius 1 is 1.00 bits per heavy atom. The fourth-order valence-corrected chi connectivity index (χ4v) is 3.22. The second-order valence-electron chi connectivity index (χ2n) is 6.16. The summed E-state index contributed by atoms with van der Waals surface area (Å²) < 4.78 is 22.6. The van der Waals surface area contributed by atoms with E-state index < -0.39 is 10.0 Å². The van der Waals surface area contributed by atoms with Crippen LogP contribution in [0, 0.1) is 13.8 Å². The summed E-state index contributed by atoms with van der Waals surface area (Å²) in [4.78, 5) is 16.9. The molecule has 0 radical (unpaired) electrons. The van der Waals surface area contributed by atoms with Gasteiger partial charge >= 0.3 is 0 Å². The number of pyridine rings is 1. The molecular formula is C20H19N3O3S. The standard InChI is InChI=1S/C20H19N3O3S/c1-13-14(2)22-19(12-18(13)15-6-4-3-5-7-15)23-20(24)16-8-10-17(11-9-16)27(21,25)26/h3-12H,1-2H3,(H2,21,25,26)(H,22,23,24). The molecule has 0 aliphatic carbocycles. The fraction of sp³-hybridized carbons (Fsp3) is 0.100. The van der Waals surface area contributed by atoms with E-state index in [0.29, 0.717) is 11.4 Å². The van der Waals surface area contributed by atoms with E-state index in [9.17, 15) is 13.2 Å². The number of aryl methyl sites for hydroxylation is 1. The van der Waals surface area contributed by atoms with Gasteiger partial charge in [-0.2, -0.15) is 0 Å². The van der Waals surface area contributed by atoms with E-state index in [1.807, 2.05) is 50.2 Å². The molecule has 0 atom stereocenters. The van der Waals surface area contributed by atoms with Gasteiger partial charge in [0.05, 0.1) is 4.90 Å². The van der Waals surface area contributed by atoms with Crippen LogP contribution in [0.4, 0.5) is 5.82 Å². The third-order valence-corrected chi connectivity index (χ3v) is 5.22. The van der Waals surface area contributed by atoms with Gasteiger partial charge in [-0.1, -0.05) is 30.3 Å². The molecule has 1 heterocycles. The summed E-state index contributed by atoms with van der Waals surface area (Å²) in [5.41, 5.74) is 4.19. The quantitative estimate of drug-likeness (QED) is 0.724. The molecule has 7 heteroatoms. The molecule has 0 fully saturated rings. The molecule has 3 rings (SSSR count). The minimum Gasteiger partial charge on any atom is -0.307 e. The van der Waals surface area contributed by atoms with E-state index in [1.165, 1.54) is 24.3 Å². The zero-order valence-corrected chi connectivity index (χ0v) is 15.7. The number of anilines is 1. The summed E-state index contributed by atoms with van der Waals surface area (Å²) >= 11 is 0. The summed E-state index contributed by atoms with van der Waals surface area (Å²) in [6.45, 7) is 3.88. The topological polar surface area (TPSA) is 102 Å². The lowest BCUT2D eigenvalue weighted by molar-refractivity contribution is 0.102. The van der Waals surface area contributed by atoms with Crippen molar-refractivity contribution in [2.45, 2.75) is 18.7 Å². The number of primary sulfonamides is 1. The zero-order valence-electron chi connectivity index (χ0n) is 14.9. The Labute approximate surface area is 158 Å². The van der Waals surface area contributed by atoms with Crippen molar-refractivity contribution in [2.24, 2.45) is 5.14 Å². The second-order valence-corrected chi connectivity index (χ2v) is 7.72. The molecule has 0 unspecified atom stereocenters. The lowest BCUT2D eigenvalue weighted by Gasteiger charge is -2.12.